The van der Waals surface area contributed by atoms with Crippen molar-refractivity contribution in [2.24, 2.45) is 0 Å². The second kappa shape index (κ2) is 14.8. The molecule has 1 aromatic heterocycles. The van der Waals surface area contributed by atoms with E-state index in [9.17, 15) is 19.1 Å². The molecule has 0 aliphatic carbocycles. The van der Waals surface area contributed by atoms with Crippen LogP contribution < -0.4 is 5.32 Å². The molecule has 4 aromatic rings. The van der Waals surface area contributed by atoms with Crippen LogP contribution in [0.4, 0.5) is 4.39 Å². The summed E-state index contributed by atoms with van der Waals surface area (Å²) >= 11 is 7.47. The Bertz CT molecular complexity index is 1530. The molecule has 2 atom stereocenters. The number of ether oxygens (including phenoxy) is 1. The third-order valence-electron chi connectivity index (χ3n) is 6.57. The molecule has 0 fully saturated rings. The van der Waals surface area contributed by atoms with Crippen molar-refractivity contribution in [1.82, 2.24) is 5.32 Å². The van der Waals surface area contributed by atoms with Gasteiger partial charge in [-0.1, -0.05) is 41.9 Å². The van der Waals surface area contributed by atoms with Gasteiger partial charge in [-0.05, 0) is 90.1 Å². The maximum absolute atomic E-state index is 13.6. The molecule has 4 rings (SSSR count). The minimum absolute atomic E-state index is 0. The number of nitrogens with one attached hydrogen (secondary N) is 1. The molecule has 0 bridgehead atoms. The zero-order chi connectivity index (χ0) is 28.8. The molecule has 10 heteroatoms. The molecule has 0 aliphatic rings. The Labute approximate surface area is 259 Å². The van der Waals surface area contributed by atoms with E-state index in [4.69, 9.17) is 20.8 Å². The number of carbonyl (C=O) groups is 2. The molecular formula is C31H30ClFLiNO5S. The number of furan rings is 1. The summed E-state index contributed by atoms with van der Waals surface area (Å²) in [5.41, 5.74) is 4.13. The maximum atomic E-state index is 13.6. The summed E-state index contributed by atoms with van der Waals surface area (Å²) < 4.78 is 25.5. The van der Waals surface area contributed by atoms with E-state index in [1.165, 1.54) is 23.9 Å². The molecule has 41 heavy (non-hydrogen) atoms. The average molecular weight is 590 g/mol. The number of halogens is 2. The van der Waals surface area contributed by atoms with Gasteiger partial charge in [-0.15, -0.1) is 0 Å². The molecule has 1 amide bonds. The predicted octanol–water partition coefficient (Wildman–Crippen LogP) is 6.74. The van der Waals surface area contributed by atoms with Gasteiger partial charge < -0.3 is 19.6 Å². The second-order valence-corrected chi connectivity index (χ2v) is 10.6. The monoisotopic (exact) mass is 589 g/mol. The van der Waals surface area contributed by atoms with Crippen molar-refractivity contribution in [3.05, 3.63) is 106 Å². The van der Waals surface area contributed by atoms with Crippen molar-refractivity contribution >= 4 is 54.1 Å². The van der Waals surface area contributed by atoms with E-state index in [0.29, 0.717) is 40.4 Å². The van der Waals surface area contributed by atoms with Gasteiger partial charge in [0.05, 0.1) is 5.02 Å². The summed E-state index contributed by atoms with van der Waals surface area (Å²) in [5, 5.41) is 12.3. The Kier molecular flexibility index (Phi) is 11.7. The van der Waals surface area contributed by atoms with E-state index in [0.717, 1.165) is 16.7 Å². The van der Waals surface area contributed by atoms with Gasteiger partial charge in [0, 0.05) is 18.2 Å². The van der Waals surface area contributed by atoms with E-state index in [2.05, 4.69) is 5.32 Å². The van der Waals surface area contributed by atoms with Crippen LogP contribution in [0.3, 0.4) is 0 Å². The Morgan fingerprint density at radius 3 is 2.49 bits per heavy atom. The van der Waals surface area contributed by atoms with Crippen LogP contribution in [0.2, 0.25) is 5.02 Å². The summed E-state index contributed by atoms with van der Waals surface area (Å²) in [5.74, 6) is -0.453. The first-order chi connectivity index (χ1) is 19.2. The molecule has 2 unspecified atom stereocenters. The van der Waals surface area contributed by atoms with Crippen molar-refractivity contribution in [1.29, 1.82) is 0 Å². The van der Waals surface area contributed by atoms with Gasteiger partial charge >= 0.3 is 24.8 Å². The van der Waals surface area contributed by atoms with Crippen LogP contribution in [0.15, 0.2) is 77.2 Å². The topological polar surface area (TPSA) is 88.8 Å². The molecule has 1 heterocycles. The third kappa shape index (κ3) is 7.65. The summed E-state index contributed by atoms with van der Waals surface area (Å²) in [7, 11) is 1.55. The molecule has 2 N–H and O–H groups in total. The average Bonchev–Trinajstić information content (AvgIpc) is 3.42. The molecular weight excluding hydrogens is 560 g/mol. The fourth-order valence-corrected chi connectivity index (χ4v) is 5.12. The quantitative estimate of drug-likeness (QED) is 0.188. The first kappa shape index (κ1) is 32.5. The van der Waals surface area contributed by atoms with Crippen LogP contribution in [0.1, 0.15) is 39.8 Å². The molecule has 3 aromatic carbocycles. The van der Waals surface area contributed by atoms with Gasteiger partial charge in [0.1, 0.15) is 29.5 Å². The van der Waals surface area contributed by atoms with E-state index < -0.39 is 29.8 Å². The Balaban J connectivity index is 0.00000462. The second-order valence-electron chi connectivity index (χ2n) is 9.21. The number of aliphatic carboxylic acids is 1. The fraction of sp³-hybridized carbons (Fsp3) is 0.226. The summed E-state index contributed by atoms with van der Waals surface area (Å²) in [6, 6.07) is 19.8. The van der Waals surface area contributed by atoms with Crippen molar-refractivity contribution in [2.75, 3.05) is 19.1 Å². The van der Waals surface area contributed by atoms with E-state index >= 15 is 0 Å². The van der Waals surface area contributed by atoms with Crippen LogP contribution in [0, 0.1) is 12.7 Å². The number of aryl methyl sites for hydroxylation is 1. The van der Waals surface area contributed by atoms with Crippen molar-refractivity contribution in [3.63, 3.8) is 0 Å². The van der Waals surface area contributed by atoms with Gasteiger partial charge in [0.15, 0.2) is 0 Å². The van der Waals surface area contributed by atoms with Crippen LogP contribution in [-0.4, -0.2) is 61.0 Å². The number of methoxy groups -OCH3 is 1. The Morgan fingerprint density at radius 1 is 1.07 bits per heavy atom. The van der Waals surface area contributed by atoms with Gasteiger partial charge in [0.2, 0.25) is 0 Å². The van der Waals surface area contributed by atoms with Crippen molar-refractivity contribution in [3.8, 4) is 22.5 Å². The van der Waals surface area contributed by atoms with Crippen molar-refractivity contribution in [2.45, 2.75) is 25.5 Å². The summed E-state index contributed by atoms with van der Waals surface area (Å²) in [6.07, 6.45) is 1.59. The van der Waals surface area contributed by atoms with E-state index in [1.54, 1.807) is 37.4 Å². The van der Waals surface area contributed by atoms with Crippen LogP contribution in [-0.2, 0) is 9.53 Å². The zero-order valence-electron chi connectivity index (χ0n) is 22.2. The normalized spacial score (nSPS) is 12.3. The van der Waals surface area contributed by atoms with Gasteiger partial charge in [-0.25, -0.2) is 9.18 Å². The number of thioether (sulfide) groups is 1. The number of hydrogen-bond acceptors (Lipinski definition) is 5. The zero-order valence-corrected chi connectivity index (χ0v) is 23.8. The number of carboxylic acids is 1. The molecule has 0 saturated heterocycles. The van der Waals surface area contributed by atoms with E-state index in [-0.39, 0.29) is 23.9 Å². The molecule has 0 radical (unpaired) electrons. The van der Waals surface area contributed by atoms with Crippen LogP contribution >= 0.6 is 23.4 Å². The number of rotatable bonds is 11. The van der Waals surface area contributed by atoms with Gasteiger partial charge in [-0.3, -0.25) is 4.79 Å². The van der Waals surface area contributed by atoms with Crippen molar-refractivity contribution < 1.29 is 28.2 Å². The Hall–Kier alpha value is -2.99. The fourth-order valence-electron chi connectivity index (χ4n) is 4.46. The standard InChI is InChI=1S/C31H29ClFNO5S.Li.H/c1-18-6-4-5-7-21(18)23-16-20(8-10-22(23)30(35)34-26(31(36)37)14-15-40-3)29(38-2)28-13-12-27(39-28)19-9-11-25(33)24(32)17-19;;/h4-13,16-17,26,29H,14-15H2,1-3H3,(H,34,35)(H,36,37);;. The van der Waals surface area contributed by atoms with Gasteiger partial charge in [-0.2, -0.15) is 11.8 Å². The molecule has 6 nitrogen and oxygen atoms in total. The molecule has 210 valence electrons. The molecule has 0 saturated carbocycles. The first-order valence-electron chi connectivity index (χ1n) is 12.5. The predicted molar refractivity (Wildman–Crippen MR) is 164 cm³/mol. The van der Waals surface area contributed by atoms with Crippen LogP contribution in [0.5, 0.6) is 0 Å². The molecule has 0 aliphatic heterocycles. The number of carboxylic acid groups (broad SMARTS) is 1. The Morgan fingerprint density at radius 2 is 1.83 bits per heavy atom. The third-order valence-corrected chi connectivity index (χ3v) is 7.50. The van der Waals surface area contributed by atoms with Gasteiger partial charge in [0.25, 0.3) is 5.91 Å². The number of benzene rings is 3. The summed E-state index contributed by atoms with van der Waals surface area (Å²) in [4.78, 5) is 25.2. The first-order valence-corrected chi connectivity index (χ1v) is 14.3. The summed E-state index contributed by atoms with van der Waals surface area (Å²) in [6.45, 7) is 1.95. The number of hydrogen-bond donors (Lipinski definition) is 2. The number of carbonyl (C=O) groups excluding carboxylic acids is 1. The SMILES string of the molecule is COC(c1ccc(C(=O)NC(CCSC)C(=O)O)c(-c2ccccc2C)c1)c1ccc(-c2ccc(F)c(Cl)c2)o1.[LiH]. The minimum atomic E-state index is -1.08. The number of amides is 1. The van der Waals surface area contributed by atoms with E-state index in [1.807, 2.05) is 43.5 Å². The van der Waals surface area contributed by atoms with Crippen LogP contribution in [0.25, 0.3) is 22.5 Å². The molecule has 0 spiro atoms.